The summed E-state index contributed by atoms with van der Waals surface area (Å²) >= 11 is 0. The highest BCUT2D eigenvalue weighted by molar-refractivity contribution is 5.80. The summed E-state index contributed by atoms with van der Waals surface area (Å²) in [6.45, 7) is 11.2. The first kappa shape index (κ1) is 29.3. The lowest BCUT2D eigenvalue weighted by molar-refractivity contribution is 0.0499. The quantitative estimate of drug-likeness (QED) is 0.354. The van der Waals surface area contributed by atoms with E-state index in [1.807, 2.05) is 56.5 Å². The van der Waals surface area contributed by atoms with Crippen molar-refractivity contribution in [2.24, 2.45) is 7.05 Å². The Morgan fingerprint density at radius 2 is 1.88 bits per heavy atom. The van der Waals surface area contributed by atoms with E-state index in [1.54, 1.807) is 7.05 Å². The van der Waals surface area contributed by atoms with Crippen LogP contribution in [0.3, 0.4) is 0 Å². The molecule has 1 atom stereocenters. The molecule has 42 heavy (non-hydrogen) atoms. The molecule has 0 radical (unpaired) electrons. The zero-order valence-electron chi connectivity index (χ0n) is 25.3. The first-order valence-electron chi connectivity index (χ1n) is 14.6. The first-order valence-corrected chi connectivity index (χ1v) is 14.6. The number of ether oxygens (including phenoxy) is 1. The van der Waals surface area contributed by atoms with E-state index in [4.69, 9.17) is 9.72 Å². The fourth-order valence-electron chi connectivity index (χ4n) is 5.53. The third kappa shape index (κ3) is 5.88. The third-order valence-corrected chi connectivity index (χ3v) is 7.51. The van der Waals surface area contributed by atoms with E-state index in [0.29, 0.717) is 42.6 Å². The standard InChI is InChI=1S/C30H40N8O4/c1-7-8-16-37-24-25(34-27(37)36-15-11-12-20(17-36)32-28(40)42-30(3,4)5)35(6)29(41)38(26(24)39)18-23-31-19(2)21-13-9-10-14-22(21)33-23/h9-10,13-14,20H,7-8,11-12,15-18H2,1-6H3,(H,32,40). The number of alkyl carbamates (subject to hydrolysis) is 1. The second-order valence-corrected chi connectivity index (χ2v) is 12.0. The fraction of sp³-hybridized carbons (Fsp3) is 0.533. The summed E-state index contributed by atoms with van der Waals surface area (Å²) in [5.41, 5.74) is 0.783. The summed E-state index contributed by atoms with van der Waals surface area (Å²) in [6, 6.07) is 7.54. The van der Waals surface area contributed by atoms with Crippen LogP contribution in [0.5, 0.6) is 0 Å². The van der Waals surface area contributed by atoms with E-state index in [2.05, 4.69) is 27.1 Å². The normalized spacial score (nSPS) is 15.9. The summed E-state index contributed by atoms with van der Waals surface area (Å²) in [5.74, 6) is 1.02. The van der Waals surface area contributed by atoms with Gasteiger partial charge >= 0.3 is 11.8 Å². The minimum absolute atomic E-state index is 0.0486. The van der Waals surface area contributed by atoms with E-state index in [0.717, 1.165) is 42.3 Å². The molecule has 12 heteroatoms. The van der Waals surface area contributed by atoms with Gasteiger partial charge in [0.25, 0.3) is 5.56 Å². The maximum atomic E-state index is 14.0. The Kier molecular flexibility index (Phi) is 8.07. The number of amides is 1. The average molecular weight is 577 g/mol. The number of unbranched alkanes of at least 4 members (excludes halogenated alkanes) is 1. The van der Waals surface area contributed by atoms with Crippen molar-refractivity contribution in [2.45, 2.75) is 85.0 Å². The molecule has 1 amide bonds. The molecule has 0 spiro atoms. The zero-order valence-corrected chi connectivity index (χ0v) is 25.3. The van der Waals surface area contributed by atoms with E-state index in [-0.39, 0.29) is 12.6 Å². The maximum Gasteiger partial charge on any atom is 0.407 e. The van der Waals surface area contributed by atoms with Gasteiger partial charge in [0.2, 0.25) is 5.95 Å². The number of piperidine rings is 1. The highest BCUT2D eigenvalue weighted by Crippen LogP contribution is 2.24. The topological polar surface area (TPSA) is 129 Å². The lowest BCUT2D eigenvalue weighted by Gasteiger charge is -2.34. The van der Waals surface area contributed by atoms with Gasteiger partial charge in [0.15, 0.2) is 11.2 Å². The molecule has 0 aliphatic carbocycles. The molecule has 1 aromatic carbocycles. The minimum Gasteiger partial charge on any atom is -0.444 e. The second kappa shape index (κ2) is 11.6. The number of aryl methyl sites for hydroxylation is 3. The van der Waals surface area contributed by atoms with Crippen molar-refractivity contribution >= 4 is 34.1 Å². The van der Waals surface area contributed by atoms with Gasteiger partial charge in [0, 0.05) is 43.8 Å². The number of carbonyl (C=O) groups excluding carboxylic acids is 1. The largest absolute Gasteiger partial charge is 0.444 e. The molecule has 0 bridgehead atoms. The molecule has 3 aromatic heterocycles. The molecule has 224 valence electrons. The summed E-state index contributed by atoms with van der Waals surface area (Å²) in [7, 11) is 1.64. The Morgan fingerprint density at radius 1 is 1.12 bits per heavy atom. The van der Waals surface area contributed by atoms with Gasteiger partial charge < -0.3 is 19.5 Å². The molecule has 1 N–H and O–H groups in total. The van der Waals surface area contributed by atoms with E-state index in [1.165, 1.54) is 9.13 Å². The maximum absolute atomic E-state index is 14.0. The van der Waals surface area contributed by atoms with Crippen molar-refractivity contribution in [3.05, 3.63) is 56.6 Å². The molecule has 5 rings (SSSR count). The number of rotatable bonds is 7. The van der Waals surface area contributed by atoms with Crippen LogP contribution < -0.4 is 21.5 Å². The molecule has 1 fully saturated rings. The lowest BCUT2D eigenvalue weighted by atomic mass is 10.1. The van der Waals surface area contributed by atoms with Crippen LogP contribution in [0.4, 0.5) is 10.7 Å². The predicted octanol–water partition coefficient (Wildman–Crippen LogP) is 3.49. The van der Waals surface area contributed by atoms with Crippen LogP contribution >= 0.6 is 0 Å². The Hall–Kier alpha value is -4.22. The van der Waals surface area contributed by atoms with E-state index in [9.17, 15) is 14.4 Å². The molecule has 4 heterocycles. The van der Waals surface area contributed by atoms with Crippen molar-refractivity contribution < 1.29 is 9.53 Å². The summed E-state index contributed by atoms with van der Waals surface area (Å²) < 4.78 is 10.0. The molecular weight excluding hydrogens is 536 g/mol. The van der Waals surface area contributed by atoms with Gasteiger partial charge in [-0.05, 0) is 53.0 Å². The Labute approximate surface area is 244 Å². The number of imidazole rings is 1. The number of hydrogen-bond acceptors (Lipinski definition) is 8. The lowest BCUT2D eigenvalue weighted by Crippen LogP contribution is -2.49. The number of para-hydroxylation sites is 1. The van der Waals surface area contributed by atoms with Crippen molar-refractivity contribution in [1.29, 1.82) is 0 Å². The highest BCUT2D eigenvalue weighted by atomic mass is 16.6. The van der Waals surface area contributed by atoms with Crippen LogP contribution in [-0.2, 0) is 24.9 Å². The minimum atomic E-state index is -0.589. The zero-order chi connectivity index (χ0) is 30.2. The molecule has 1 unspecified atom stereocenters. The van der Waals surface area contributed by atoms with Crippen molar-refractivity contribution in [1.82, 2.24) is 34.0 Å². The van der Waals surface area contributed by atoms with Crippen LogP contribution in [0.15, 0.2) is 33.9 Å². The van der Waals surface area contributed by atoms with Crippen LogP contribution in [0, 0.1) is 6.92 Å². The van der Waals surface area contributed by atoms with Gasteiger partial charge in [-0.1, -0.05) is 31.5 Å². The van der Waals surface area contributed by atoms with Gasteiger partial charge in [0.1, 0.15) is 11.4 Å². The van der Waals surface area contributed by atoms with Crippen LogP contribution in [-0.4, -0.2) is 59.5 Å². The Bertz CT molecular complexity index is 1750. The summed E-state index contributed by atoms with van der Waals surface area (Å²) in [5, 5.41) is 3.91. The third-order valence-electron chi connectivity index (χ3n) is 7.51. The molecule has 4 aromatic rings. The Balaban J connectivity index is 1.54. The molecule has 1 aliphatic heterocycles. The number of nitrogens with zero attached hydrogens (tertiary/aromatic N) is 7. The monoisotopic (exact) mass is 576 g/mol. The predicted molar refractivity (Wildman–Crippen MR) is 162 cm³/mol. The number of anilines is 1. The fourth-order valence-corrected chi connectivity index (χ4v) is 5.53. The molecule has 12 nitrogen and oxygen atoms in total. The van der Waals surface area contributed by atoms with E-state index >= 15 is 0 Å². The average Bonchev–Trinajstić information content (AvgIpc) is 3.32. The van der Waals surface area contributed by atoms with Crippen molar-refractivity contribution in [3.63, 3.8) is 0 Å². The van der Waals surface area contributed by atoms with Crippen LogP contribution in [0.25, 0.3) is 22.1 Å². The van der Waals surface area contributed by atoms with Gasteiger partial charge in [-0.15, -0.1) is 0 Å². The molecule has 1 saturated heterocycles. The van der Waals surface area contributed by atoms with Crippen LogP contribution in [0.2, 0.25) is 0 Å². The molecule has 0 saturated carbocycles. The number of fused-ring (bicyclic) bond motifs is 2. The van der Waals surface area contributed by atoms with Gasteiger partial charge in [-0.25, -0.2) is 19.6 Å². The number of benzene rings is 1. The molecule has 1 aliphatic rings. The first-order chi connectivity index (χ1) is 20.0. The van der Waals surface area contributed by atoms with Crippen molar-refractivity contribution in [2.75, 3.05) is 18.0 Å². The summed E-state index contributed by atoms with van der Waals surface area (Å²) in [6.07, 6.45) is 2.94. The van der Waals surface area contributed by atoms with Crippen molar-refractivity contribution in [3.8, 4) is 0 Å². The number of hydrogen-bond donors (Lipinski definition) is 1. The number of nitrogens with one attached hydrogen (secondary N) is 1. The van der Waals surface area contributed by atoms with Crippen LogP contribution in [0.1, 0.15) is 64.9 Å². The number of carbonyl (C=O) groups is 1. The van der Waals surface area contributed by atoms with Gasteiger partial charge in [-0.3, -0.25) is 13.9 Å². The van der Waals surface area contributed by atoms with Gasteiger partial charge in [-0.2, -0.15) is 4.98 Å². The van der Waals surface area contributed by atoms with E-state index < -0.39 is 22.9 Å². The second-order valence-electron chi connectivity index (χ2n) is 12.0. The smallest absolute Gasteiger partial charge is 0.407 e. The SMILES string of the molecule is CCCCn1c(N2CCCC(NC(=O)OC(C)(C)C)C2)nc2c1c(=O)n(Cc1nc(C)c3ccccc3n1)c(=O)n2C. The summed E-state index contributed by atoms with van der Waals surface area (Å²) in [4.78, 5) is 56.2. The Morgan fingerprint density at radius 3 is 2.62 bits per heavy atom. The van der Waals surface area contributed by atoms with Gasteiger partial charge in [0.05, 0.1) is 12.1 Å². The number of aromatic nitrogens is 6. The highest BCUT2D eigenvalue weighted by Gasteiger charge is 2.29. The molecular formula is C30H40N8O4.